The third-order valence-corrected chi connectivity index (χ3v) is 7.47. The van der Waals surface area contributed by atoms with Gasteiger partial charge in [-0.25, -0.2) is 0 Å². The Morgan fingerprint density at radius 2 is 1.51 bits per heavy atom. The summed E-state index contributed by atoms with van der Waals surface area (Å²) in [5.74, 6) is -0.464. The van der Waals surface area contributed by atoms with Crippen LogP contribution in [-0.4, -0.2) is 65.9 Å². The molecule has 0 radical (unpaired) electrons. The first kappa shape index (κ1) is 26.4. The molecule has 1 aliphatic carbocycles. The normalized spacial score (nSPS) is 19.3. The number of amides is 3. The molecular weight excluding hydrogens is 492 g/mol. The standard InChI is InChI=1S/C30H34N6O3/c31-24-9-11-25(12-10-24)33-28(37)22-8-13-27(26(19-22)34-29(38)23-7-4-14-32-20-23)35-15-17-36(18-16-35)30(39)21-5-2-1-3-6-21/h1-8,13-14,19-20,24-25H,9-12,15-18,31H2,(H,33,37)(H,34,38). The Balaban J connectivity index is 1.33. The molecule has 1 aromatic heterocycles. The number of piperazine rings is 1. The highest BCUT2D eigenvalue weighted by Crippen LogP contribution is 2.29. The van der Waals surface area contributed by atoms with Crippen LogP contribution in [0.1, 0.15) is 56.8 Å². The van der Waals surface area contributed by atoms with Crippen LogP contribution in [0.5, 0.6) is 0 Å². The van der Waals surface area contributed by atoms with Crippen molar-refractivity contribution in [2.45, 2.75) is 37.8 Å². The second-order valence-electron chi connectivity index (χ2n) is 10.2. The van der Waals surface area contributed by atoms with Crippen molar-refractivity contribution in [2.75, 3.05) is 36.4 Å². The fraction of sp³-hybridized carbons (Fsp3) is 0.333. The lowest BCUT2D eigenvalue weighted by molar-refractivity contribution is 0.0746. The van der Waals surface area contributed by atoms with Gasteiger partial charge in [0.25, 0.3) is 17.7 Å². The Bertz CT molecular complexity index is 1300. The molecule has 2 heterocycles. The van der Waals surface area contributed by atoms with E-state index in [1.54, 1.807) is 30.5 Å². The molecule has 3 aromatic rings. The fourth-order valence-corrected chi connectivity index (χ4v) is 5.19. The molecule has 39 heavy (non-hydrogen) atoms. The zero-order valence-electron chi connectivity index (χ0n) is 21.9. The molecule has 2 fully saturated rings. The molecule has 0 atom stereocenters. The van der Waals surface area contributed by atoms with Gasteiger partial charge in [0.1, 0.15) is 0 Å². The predicted molar refractivity (Wildman–Crippen MR) is 151 cm³/mol. The summed E-state index contributed by atoms with van der Waals surface area (Å²) < 4.78 is 0. The molecule has 2 aliphatic rings. The van der Waals surface area contributed by atoms with E-state index in [4.69, 9.17) is 5.73 Å². The van der Waals surface area contributed by atoms with Crippen molar-refractivity contribution in [3.63, 3.8) is 0 Å². The lowest BCUT2D eigenvalue weighted by Crippen LogP contribution is -2.49. The van der Waals surface area contributed by atoms with E-state index in [0.717, 1.165) is 31.4 Å². The minimum atomic E-state index is -0.305. The molecular formula is C30H34N6O3. The van der Waals surface area contributed by atoms with Crippen LogP contribution in [0.25, 0.3) is 0 Å². The number of carbonyl (C=O) groups excluding carboxylic acids is 3. The Morgan fingerprint density at radius 1 is 0.795 bits per heavy atom. The molecule has 1 saturated heterocycles. The Hall–Kier alpha value is -4.24. The minimum Gasteiger partial charge on any atom is -0.366 e. The van der Waals surface area contributed by atoms with Crippen LogP contribution in [0.15, 0.2) is 73.1 Å². The number of rotatable bonds is 6. The minimum absolute atomic E-state index is 0.0102. The van der Waals surface area contributed by atoms with Crippen LogP contribution in [0, 0.1) is 0 Å². The molecule has 0 bridgehead atoms. The maximum Gasteiger partial charge on any atom is 0.257 e. The summed E-state index contributed by atoms with van der Waals surface area (Å²) in [6.45, 7) is 2.30. The average molecular weight is 527 g/mol. The van der Waals surface area contributed by atoms with E-state index in [2.05, 4.69) is 20.5 Å². The van der Waals surface area contributed by atoms with Gasteiger partial charge >= 0.3 is 0 Å². The van der Waals surface area contributed by atoms with Crippen LogP contribution in [0.3, 0.4) is 0 Å². The van der Waals surface area contributed by atoms with Crippen LogP contribution in [-0.2, 0) is 0 Å². The molecule has 202 valence electrons. The second kappa shape index (κ2) is 12.1. The van der Waals surface area contributed by atoms with Crippen molar-refractivity contribution < 1.29 is 14.4 Å². The Labute approximate surface area is 228 Å². The maximum absolute atomic E-state index is 13.1. The molecule has 1 saturated carbocycles. The third-order valence-electron chi connectivity index (χ3n) is 7.47. The smallest absolute Gasteiger partial charge is 0.257 e. The van der Waals surface area contributed by atoms with Crippen molar-refractivity contribution in [3.05, 3.63) is 89.7 Å². The number of benzene rings is 2. The van der Waals surface area contributed by atoms with Gasteiger partial charge in [-0.3, -0.25) is 19.4 Å². The van der Waals surface area contributed by atoms with Crippen molar-refractivity contribution in [1.82, 2.24) is 15.2 Å². The van der Waals surface area contributed by atoms with Crippen molar-refractivity contribution in [3.8, 4) is 0 Å². The highest BCUT2D eigenvalue weighted by molar-refractivity contribution is 6.07. The molecule has 2 aromatic carbocycles. The lowest BCUT2D eigenvalue weighted by atomic mass is 9.91. The number of nitrogens with one attached hydrogen (secondary N) is 2. The quantitative estimate of drug-likeness (QED) is 0.453. The zero-order chi connectivity index (χ0) is 27.2. The van der Waals surface area contributed by atoms with E-state index in [1.165, 1.54) is 6.20 Å². The summed E-state index contributed by atoms with van der Waals surface area (Å²) in [5, 5.41) is 6.12. The van der Waals surface area contributed by atoms with Gasteiger partial charge in [0.05, 0.1) is 16.9 Å². The van der Waals surface area contributed by atoms with Gasteiger partial charge in [-0.05, 0) is 68.1 Å². The van der Waals surface area contributed by atoms with Gasteiger partial charge in [0.2, 0.25) is 0 Å². The van der Waals surface area contributed by atoms with E-state index in [1.807, 2.05) is 41.3 Å². The largest absolute Gasteiger partial charge is 0.366 e. The van der Waals surface area contributed by atoms with E-state index in [9.17, 15) is 14.4 Å². The summed E-state index contributed by atoms with van der Waals surface area (Å²) in [6, 6.07) is 18.4. The number of pyridine rings is 1. The number of carbonyl (C=O) groups is 3. The van der Waals surface area contributed by atoms with Gasteiger partial charge in [0.15, 0.2) is 0 Å². The summed E-state index contributed by atoms with van der Waals surface area (Å²) in [5.41, 5.74) is 8.94. The zero-order valence-corrected chi connectivity index (χ0v) is 21.9. The Morgan fingerprint density at radius 3 is 2.21 bits per heavy atom. The summed E-state index contributed by atoms with van der Waals surface area (Å²) in [4.78, 5) is 47.1. The van der Waals surface area contributed by atoms with Gasteiger partial charge in [-0.2, -0.15) is 0 Å². The summed E-state index contributed by atoms with van der Waals surface area (Å²) in [7, 11) is 0. The van der Waals surface area contributed by atoms with E-state index < -0.39 is 0 Å². The third kappa shape index (κ3) is 6.43. The average Bonchev–Trinajstić information content (AvgIpc) is 2.99. The van der Waals surface area contributed by atoms with Crippen LogP contribution >= 0.6 is 0 Å². The summed E-state index contributed by atoms with van der Waals surface area (Å²) in [6.07, 6.45) is 6.64. The lowest BCUT2D eigenvalue weighted by Gasteiger charge is -2.37. The predicted octanol–water partition coefficient (Wildman–Crippen LogP) is 3.30. The van der Waals surface area contributed by atoms with Crippen LogP contribution in [0.2, 0.25) is 0 Å². The first-order chi connectivity index (χ1) is 19.0. The first-order valence-corrected chi connectivity index (χ1v) is 13.5. The van der Waals surface area contributed by atoms with E-state index in [-0.39, 0.29) is 29.8 Å². The molecule has 3 amide bonds. The van der Waals surface area contributed by atoms with Gasteiger partial charge < -0.3 is 26.2 Å². The molecule has 5 rings (SSSR count). The number of hydrogen-bond donors (Lipinski definition) is 3. The molecule has 0 spiro atoms. The van der Waals surface area contributed by atoms with Crippen LogP contribution < -0.4 is 21.3 Å². The number of aromatic nitrogens is 1. The van der Waals surface area contributed by atoms with Crippen molar-refractivity contribution in [1.29, 1.82) is 0 Å². The van der Waals surface area contributed by atoms with Gasteiger partial charge in [-0.1, -0.05) is 18.2 Å². The second-order valence-corrected chi connectivity index (χ2v) is 10.2. The Kier molecular flexibility index (Phi) is 8.17. The molecule has 4 N–H and O–H groups in total. The molecule has 1 aliphatic heterocycles. The van der Waals surface area contributed by atoms with Crippen molar-refractivity contribution in [2.24, 2.45) is 5.73 Å². The molecule has 9 nitrogen and oxygen atoms in total. The highest BCUT2D eigenvalue weighted by atomic mass is 16.2. The summed E-state index contributed by atoms with van der Waals surface area (Å²) >= 11 is 0. The molecule has 9 heteroatoms. The van der Waals surface area contributed by atoms with E-state index in [0.29, 0.717) is 48.6 Å². The van der Waals surface area contributed by atoms with Gasteiger partial charge in [0, 0.05) is 61.8 Å². The fourth-order valence-electron chi connectivity index (χ4n) is 5.19. The number of anilines is 2. The highest BCUT2D eigenvalue weighted by Gasteiger charge is 2.26. The van der Waals surface area contributed by atoms with Gasteiger partial charge in [-0.15, -0.1) is 0 Å². The topological polar surface area (TPSA) is 121 Å². The maximum atomic E-state index is 13.1. The van der Waals surface area contributed by atoms with E-state index >= 15 is 0 Å². The SMILES string of the molecule is NC1CCC(NC(=O)c2ccc(N3CCN(C(=O)c4ccccc4)CC3)c(NC(=O)c3cccnc3)c2)CC1. The number of hydrogen-bond acceptors (Lipinski definition) is 6. The van der Waals surface area contributed by atoms with Crippen LogP contribution in [0.4, 0.5) is 11.4 Å². The molecule has 0 unspecified atom stereocenters. The number of nitrogens with zero attached hydrogens (tertiary/aromatic N) is 3. The van der Waals surface area contributed by atoms with Crippen molar-refractivity contribution >= 4 is 29.1 Å². The number of nitrogens with two attached hydrogens (primary N) is 1. The monoisotopic (exact) mass is 526 g/mol. The first-order valence-electron chi connectivity index (χ1n) is 13.5.